The fraction of sp³-hybridized carbons (Fsp3) is 0.455. The Hall–Kier alpha value is -1.12. The van der Waals surface area contributed by atoms with Crippen LogP contribution >= 0.6 is 0 Å². The summed E-state index contributed by atoms with van der Waals surface area (Å²) in [6, 6.07) is 5.68. The lowest BCUT2D eigenvalue weighted by atomic mass is 10.1. The molecule has 19 heavy (non-hydrogen) atoms. The Kier molecular flexibility index (Phi) is 3.84. The van der Waals surface area contributed by atoms with Crippen LogP contribution in [0, 0.1) is 0 Å². The number of benzene rings is 1. The molecule has 0 bridgehead atoms. The molecule has 1 aliphatic heterocycles. The monoisotopic (exact) mass is 295 g/mol. The Labute approximate surface area is 108 Å². The molecule has 0 aromatic heterocycles. The second-order valence-corrected chi connectivity index (χ2v) is 6.30. The first-order valence-corrected chi connectivity index (χ1v) is 7.20. The number of hydroxylamine groups is 1. The van der Waals surface area contributed by atoms with Crippen molar-refractivity contribution in [1.29, 1.82) is 0 Å². The highest BCUT2D eigenvalue weighted by atomic mass is 32.2. The maximum absolute atomic E-state index is 12.0. The molecule has 4 nitrogen and oxygen atoms in total. The first-order chi connectivity index (χ1) is 8.80. The molecule has 0 saturated heterocycles. The topological polar surface area (TPSA) is 55.4 Å². The van der Waals surface area contributed by atoms with Gasteiger partial charge in [0.2, 0.25) is 0 Å². The molecule has 1 heterocycles. The van der Waals surface area contributed by atoms with E-state index < -0.39 is 28.7 Å². The summed E-state index contributed by atoms with van der Waals surface area (Å²) in [5.74, 6) is -0.114. The van der Waals surface area contributed by atoms with Crippen LogP contribution < -0.4 is 5.48 Å². The van der Waals surface area contributed by atoms with Crippen molar-refractivity contribution in [3.63, 3.8) is 0 Å². The van der Waals surface area contributed by atoms with E-state index in [1.165, 1.54) is 6.07 Å². The lowest BCUT2D eigenvalue weighted by Crippen LogP contribution is -2.32. The van der Waals surface area contributed by atoms with Crippen molar-refractivity contribution < 1.29 is 26.4 Å². The third-order valence-corrected chi connectivity index (χ3v) is 4.58. The summed E-state index contributed by atoms with van der Waals surface area (Å²) in [7, 11) is -3.35. The fourth-order valence-corrected chi connectivity index (χ4v) is 3.56. The first kappa shape index (κ1) is 14.3. The first-order valence-electron chi connectivity index (χ1n) is 5.55. The van der Waals surface area contributed by atoms with Gasteiger partial charge in [-0.3, -0.25) is 4.84 Å². The summed E-state index contributed by atoms with van der Waals surface area (Å²) in [6.07, 6.45) is -4.25. The van der Waals surface area contributed by atoms with Gasteiger partial charge in [-0.25, -0.2) is 8.42 Å². The maximum atomic E-state index is 12.0. The summed E-state index contributed by atoms with van der Waals surface area (Å²) in [6.45, 7) is -1.42. The Morgan fingerprint density at radius 1 is 1.32 bits per heavy atom. The van der Waals surface area contributed by atoms with E-state index in [4.69, 9.17) is 0 Å². The van der Waals surface area contributed by atoms with Gasteiger partial charge in [0.15, 0.2) is 16.4 Å². The van der Waals surface area contributed by atoms with Crippen LogP contribution in [0.5, 0.6) is 0 Å². The van der Waals surface area contributed by atoms with E-state index in [9.17, 15) is 21.6 Å². The fourth-order valence-electron chi connectivity index (χ4n) is 1.94. The number of nitrogens with one attached hydrogen (secondary N) is 1. The SMILES string of the molecule is O=S1(=O)CCC(NOCC(F)(F)F)c2ccccc21. The predicted molar refractivity (Wildman–Crippen MR) is 61.0 cm³/mol. The molecule has 1 aromatic carbocycles. The largest absolute Gasteiger partial charge is 0.413 e. The smallest absolute Gasteiger partial charge is 0.292 e. The summed E-state index contributed by atoms with van der Waals surface area (Å²) in [5, 5.41) is 0. The quantitative estimate of drug-likeness (QED) is 0.867. The molecule has 0 saturated carbocycles. The van der Waals surface area contributed by atoms with Crippen molar-refractivity contribution in [2.45, 2.75) is 23.5 Å². The lowest BCUT2D eigenvalue weighted by Gasteiger charge is -2.26. The van der Waals surface area contributed by atoms with Crippen molar-refractivity contribution in [2.75, 3.05) is 12.4 Å². The average Bonchev–Trinajstić information content (AvgIpc) is 2.31. The second kappa shape index (κ2) is 5.10. The van der Waals surface area contributed by atoms with Gasteiger partial charge in [-0.1, -0.05) is 18.2 Å². The molecule has 0 amide bonds. The number of sulfone groups is 1. The Morgan fingerprint density at radius 3 is 2.68 bits per heavy atom. The van der Waals surface area contributed by atoms with Gasteiger partial charge >= 0.3 is 6.18 Å². The molecule has 0 radical (unpaired) electrons. The molecule has 1 N–H and O–H groups in total. The Bertz CT molecular complexity index is 557. The van der Waals surface area contributed by atoms with Gasteiger partial charge in [0.1, 0.15) is 0 Å². The number of halogens is 3. The predicted octanol–water partition coefficient (Wildman–Crippen LogP) is 1.99. The zero-order valence-corrected chi connectivity index (χ0v) is 10.6. The van der Waals surface area contributed by atoms with E-state index in [-0.39, 0.29) is 17.1 Å². The highest BCUT2D eigenvalue weighted by Crippen LogP contribution is 2.31. The highest BCUT2D eigenvalue weighted by molar-refractivity contribution is 7.91. The third kappa shape index (κ3) is 3.46. The molecular weight excluding hydrogens is 283 g/mol. The molecule has 1 unspecified atom stereocenters. The molecule has 0 spiro atoms. The molecule has 106 valence electrons. The molecule has 1 aromatic rings. The zero-order chi connectivity index (χ0) is 14.1. The molecular formula is C11H12F3NO3S. The van der Waals surface area contributed by atoms with Crippen molar-refractivity contribution in [1.82, 2.24) is 5.48 Å². The van der Waals surface area contributed by atoms with Crippen LogP contribution in [-0.4, -0.2) is 27.0 Å². The van der Waals surface area contributed by atoms with Gasteiger partial charge in [0.05, 0.1) is 16.7 Å². The molecule has 1 aliphatic rings. The summed E-state index contributed by atoms with van der Waals surface area (Å²) >= 11 is 0. The minimum Gasteiger partial charge on any atom is -0.292 e. The highest BCUT2D eigenvalue weighted by Gasteiger charge is 2.32. The number of hydrogen-bond acceptors (Lipinski definition) is 4. The van der Waals surface area contributed by atoms with Crippen LogP contribution in [0.4, 0.5) is 13.2 Å². The van der Waals surface area contributed by atoms with E-state index in [1.807, 2.05) is 0 Å². The number of alkyl halides is 3. The van der Waals surface area contributed by atoms with Crippen LogP contribution in [-0.2, 0) is 14.7 Å². The number of rotatable bonds is 3. The van der Waals surface area contributed by atoms with E-state index in [0.717, 1.165) is 0 Å². The van der Waals surface area contributed by atoms with E-state index in [1.54, 1.807) is 18.2 Å². The minimum atomic E-state index is -4.42. The van der Waals surface area contributed by atoms with Crippen molar-refractivity contribution in [2.24, 2.45) is 0 Å². The molecule has 2 rings (SSSR count). The van der Waals surface area contributed by atoms with Crippen LogP contribution in [0.3, 0.4) is 0 Å². The van der Waals surface area contributed by atoms with Gasteiger partial charge < -0.3 is 0 Å². The van der Waals surface area contributed by atoms with Gasteiger partial charge in [-0.05, 0) is 18.1 Å². The summed E-state index contributed by atoms with van der Waals surface area (Å²) in [4.78, 5) is 4.54. The molecule has 0 fully saturated rings. The molecule has 0 aliphatic carbocycles. The van der Waals surface area contributed by atoms with Gasteiger partial charge in [0, 0.05) is 0 Å². The van der Waals surface area contributed by atoms with E-state index in [0.29, 0.717) is 5.56 Å². The Morgan fingerprint density at radius 2 is 2.00 bits per heavy atom. The van der Waals surface area contributed by atoms with Crippen LogP contribution in [0.25, 0.3) is 0 Å². The second-order valence-electron chi connectivity index (χ2n) is 4.22. The minimum absolute atomic E-state index is 0.114. The normalized spacial score (nSPS) is 21.9. The van der Waals surface area contributed by atoms with Crippen LogP contribution in [0.15, 0.2) is 29.2 Å². The third-order valence-electron chi connectivity index (χ3n) is 2.77. The van der Waals surface area contributed by atoms with E-state index in [2.05, 4.69) is 10.3 Å². The summed E-state index contributed by atoms with van der Waals surface area (Å²) < 4.78 is 59.5. The van der Waals surface area contributed by atoms with Crippen molar-refractivity contribution >= 4 is 9.84 Å². The van der Waals surface area contributed by atoms with Gasteiger partial charge in [-0.15, -0.1) is 0 Å². The Balaban J connectivity index is 2.13. The van der Waals surface area contributed by atoms with Crippen molar-refractivity contribution in [3.05, 3.63) is 29.8 Å². The average molecular weight is 295 g/mol. The summed E-state index contributed by atoms with van der Waals surface area (Å²) in [5.41, 5.74) is 2.73. The van der Waals surface area contributed by atoms with Crippen LogP contribution in [0.2, 0.25) is 0 Å². The zero-order valence-electron chi connectivity index (χ0n) is 9.77. The molecule has 8 heteroatoms. The van der Waals surface area contributed by atoms with Gasteiger partial charge in [0.25, 0.3) is 0 Å². The maximum Gasteiger partial charge on any atom is 0.413 e. The lowest BCUT2D eigenvalue weighted by molar-refractivity contribution is -0.193. The van der Waals surface area contributed by atoms with Gasteiger partial charge in [-0.2, -0.15) is 18.7 Å². The number of fused-ring (bicyclic) bond motifs is 1. The van der Waals surface area contributed by atoms with Crippen LogP contribution in [0.1, 0.15) is 18.0 Å². The van der Waals surface area contributed by atoms with E-state index >= 15 is 0 Å². The standard InChI is InChI=1S/C11H12F3NO3S/c12-11(13,14)7-18-15-9-5-6-19(16,17)10-4-2-1-3-8(9)10/h1-4,9,15H,5-7H2. The molecule has 1 atom stereocenters. The van der Waals surface area contributed by atoms with Crippen molar-refractivity contribution in [3.8, 4) is 0 Å². The number of hydrogen-bond donors (Lipinski definition) is 1.